The van der Waals surface area contributed by atoms with Crippen LogP contribution in [0.3, 0.4) is 0 Å². The van der Waals surface area contributed by atoms with E-state index in [1.54, 1.807) is 7.11 Å². The van der Waals surface area contributed by atoms with E-state index in [1.807, 2.05) is 53.4 Å². The van der Waals surface area contributed by atoms with Crippen LogP contribution in [0, 0.1) is 0 Å². The number of benzene rings is 2. The average Bonchev–Trinajstić information content (AvgIpc) is 3.04. The summed E-state index contributed by atoms with van der Waals surface area (Å²) >= 11 is 0. The van der Waals surface area contributed by atoms with Crippen LogP contribution in [-0.2, 0) is 4.79 Å². The topological polar surface area (TPSA) is 61.9 Å². The van der Waals surface area contributed by atoms with Gasteiger partial charge in [0.1, 0.15) is 5.75 Å². The van der Waals surface area contributed by atoms with Gasteiger partial charge in [0.15, 0.2) is 0 Å². The molecule has 2 heterocycles. The number of piperazine rings is 1. The highest BCUT2D eigenvalue weighted by Crippen LogP contribution is 2.28. The molecule has 6 heteroatoms. The predicted molar refractivity (Wildman–Crippen MR) is 103 cm³/mol. The maximum absolute atomic E-state index is 12.7. The number of nitrogens with one attached hydrogen (secondary N) is 1. The minimum absolute atomic E-state index is 0.0892. The van der Waals surface area contributed by atoms with Crippen LogP contribution >= 0.6 is 0 Å². The second-order valence-corrected chi connectivity index (χ2v) is 6.88. The molecular weight excluding hydrogens is 342 g/mol. The summed E-state index contributed by atoms with van der Waals surface area (Å²) in [6.45, 7) is 2.97. The number of hydrogen-bond donors (Lipinski definition) is 1. The van der Waals surface area contributed by atoms with Crippen LogP contribution in [0.25, 0.3) is 0 Å². The Kier molecular flexibility index (Phi) is 4.71. The predicted octanol–water partition coefficient (Wildman–Crippen LogP) is 2.22. The van der Waals surface area contributed by atoms with Crippen molar-refractivity contribution in [1.29, 1.82) is 0 Å². The molecule has 1 N–H and O–H groups in total. The quantitative estimate of drug-likeness (QED) is 0.903. The highest BCUT2D eigenvalue weighted by molar-refractivity contribution is 5.99. The highest BCUT2D eigenvalue weighted by Gasteiger charge is 2.31. The number of carbonyl (C=O) groups is 2. The van der Waals surface area contributed by atoms with E-state index in [1.165, 1.54) is 0 Å². The zero-order valence-electron chi connectivity index (χ0n) is 15.4. The van der Waals surface area contributed by atoms with E-state index < -0.39 is 0 Å². The summed E-state index contributed by atoms with van der Waals surface area (Å²) in [6.07, 6.45) is 0.311. The Hall–Kier alpha value is -3.02. The summed E-state index contributed by atoms with van der Waals surface area (Å²) < 4.78 is 5.20. The molecular formula is C21H23N3O3. The van der Waals surface area contributed by atoms with Crippen molar-refractivity contribution < 1.29 is 14.3 Å². The smallest absolute Gasteiger partial charge is 0.252 e. The van der Waals surface area contributed by atoms with E-state index in [0.29, 0.717) is 25.1 Å². The highest BCUT2D eigenvalue weighted by atomic mass is 16.5. The standard InChI is InChI=1S/C21H23N3O3/c1-27-16-8-6-15(7-9-16)23-10-12-24(13-11-23)20(25)14-19-17-4-2-3-5-18(17)21(26)22-19/h2-9,19H,10-14H2,1H3,(H,22,26)/t19-/m0/s1. The molecule has 2 aliphatic heterocycles. The van der Waals surface area contributed by atoms with Gasteiger partial charge in [-0.15, -0.1) is 0 Å². The van der Waals surface area contributed by atoms with E-state index in [-0.39, 0.29) is 17.9 Å². The fourth-order valence-corrected chi connectivity index (χ4v) is 3.79. The van der Waals surface area contributed by atoms with Crippen molar-refractivity contribution in [3.63, 3.8) is 0 Å². The van der Waals surface area contributed by atoms with Crippen LogP contribution < -0.4 is 15.0 Å². The molecule has 2 amide bonds. The van der Waals surface area contributed by atoms with Gasteiger partial charge in [-0.3, -0.25) is 9.59 Å². The number of hydrogen-bond acceptors (Lipinski definition) is 4. The molecule has 1 saturated heterocycles. The number of nitrogens with zero attached hydrogens (tertiary/aromatic N) is 2. The molecule has 2 aromatic carbocycles. The first-order chi connectivity index (χ1) is 13.2. The molecule has 27 heavy (non-hydrogen) atoms. The van der Waals surface area contributed by atoms with Gasteiger partial charge in [-0.2, -0.15) is 0 Å². The van der Waals surface area contributed by atoms with Crippen molar-refractivity contribution in [3.8, 4) is 5.75 Å². The molecule has 0 bridgehead atoms. The van der Waals surface area contributed by atoms with Crippen LogP contribution in [0.2, 0.25) is 0 Å². The molecule has 0 spiro atoms. The monoisotopic (exact) mass is 365 g/mol. The summed E-state index contributed by atoms with van der Waals surface area (Å²) in [6, 6.07) is 15.3. The lowest BCUT2D eigenvalue weighted by atomic mass is 10.0. The number of methoxy groups -OCH3 is 1. The molecule has 0 saturated carbocycles. The van der Waals surface area contributed by atoms with E-state index >= 15 is 0 Å². The average molecular weight is 365 g/mol. The Balaban J connectivity index is 1.34. The summed E-state index contributed by atoms with van der Waals surface area (Å²) in [4.78, 5) is 28.9. The van der Waals surface area contributed by atoms with Crippen molar-refractivity contribution in [2.45, 2.75) is 12.5 Å². The largest absolute Gasteiger partial charge is 0.497 e. The molecule has 4 rings (SSSR count). The lowest BCUT2D eigenvalue weighted by Gasteiger charge is -2.36. The Labute approximate surface area is 158 Å². The number of fused-ring (bicyclic) bond motifs is 1. The summed E-state index contributed by atoms with van der Waals surface area (Å²) in [7, 11) is 1.66. The van der Waals surface area contributed by atoms with Gasteiger partial charge in [0.25, 0.3) is 5.91 Å². The van der Waals surface area contributed by atoms with E-state index in [4.69, 9.17) is 4.74 Å². The third-order valence-corrected chi connectivity index (χ3v) is 5.33. The Morgan fingerprint density at radius 1 is 1.07 bits per heavy atom. The molecule has 1 fully saturated rings. The van der Waals surface area contributed by atoms with Crippen LogP contribution in [0.4, 0.5) is 5.69 Å². The maximum atomic E-state index is 12.7. The molecule has 0 unspecified atom stereocenters. The van der Waals surface area contributed by atoms with Crippen molar-refractivity contribution >= 4 is 17.5 Å². The van der Waals surface area contributed by atoms with Gasteiger partial charge < -0.3 is 19.9 Å². The lowest BCUT2D eigenvalue weighted by molar-refractivity contribution is -0.132. The zero-order valence-corrected chi connectivity index (χ0v) is 15.4. The minimum atomic E-state index is -0.221. The fourth-order valence-electron chi connectivity index (χ4n) is 3.79. The fraction of sp³-hybridized carbons (Fsp3) is 0.333. The molecule has 2 aliphatic rings. The Morgan fingerprint density at radius 2 is 1.78 bits per heavy atom. The van der Waals surface area contributed by atoms with Crippen LogP contribution in [0.15, 0.2) is 48.5 Å². The van der Waals surface area contributed by atoms with E-state index in [9.17, 15) is 9.59 Å². The van der Waals surface area contributed by atoms with Crippen LogP contribution in [0.1, 0.15) is 28.4 Å². The van der Waals surface area contributed by atoms with Crippen molar-refractivity contribution in [2.24, 2.45) is 0 Å². The third-order valence-electron chi connectivity index (χ3n) is 5.33. The third kappa shape index (κ3) is 3.47. The molecule has 140 valence electrons. The van der Waals surface area contributed by atoms with Crippen molar-refractivity contribution in [2.75, 3.05) is 38.2 Å². The van der Waals surface area contributed by atoms with Gasteiger partial charge in [0, 0.05) is 37.4 Å². The maximum Gasteiger partial charge on any atom is 0.252 e. The Morgan fingerprint density at radius 3 is 2.48 bits per heavy atom. The molecule has 0 aromatic heterocycles. The molecule has 1 atom stereocenters. The van der Waals surface area contributed by atoms with E-state index in [0.717, 1.165) is 30.1 Å². The summed E-state index contributed by atoms with van der Waals surface area (Å²) in [5.74, 6) is 0.838. The molecule has 2 aromatic rings. The number of rotatable bonds is 4. The second kappa shape index (κ2) is 7.31. The molecule has 0 radical (unpaired) electrons. The van der Waals surface area contributed by atoms with Gasteiger partial charge >= 0.3 is 0 Å². The minimum Gasteiger partial charge on any atom is -0.497 e. The zero-order chi connectivity index (χ0) is 18.8. The van der Waals surface area contributed by atoms with Gasteiger partial charge in [-0.1, -0.05) is 18.2 Å². The summed E-state index contributed by atoms with van der Waals surface area (Å²) in [5, 5.41) is 2.93. The molecule has 6 nitrogen and oxygen atoms in total. The second-order valence-electron chi connectivity index (χ2n) is 6.88. The van der Waals surface area contributed by atoms with Crippen LogP contribution in [0.5, 0.6) is 5.75 Å². The first-order valence-electron chi connectivity index (χ1n) is 9.22. The van der Waals surface area contributed by atoms with Crippen molar-refractivity contribution in [3.05, 3.63) is 59.7 Å². The Bertz CT molecular complexity index is 842. The number of ether oxygens (including phenoxy) is 1. The van der Waals surface area contributed by atoms with Crippen LogP contribution in [-0.4, -0.2) is 50.0 Å². The number of anilines is 1. The SMILES string of the molecule is COc1ccc(N2CCN(C(=O)C[C@@H]3NC(=O)c4ccccc43)CC2)cc1. The number of carbonyl (C=O) groups excluding carboxylic acids is 2. The first-order valence-corrected chi connectivity index (χ1v) is 9.22. The van der Waals surface area contributed by atoms with Gasteiger partial charge in [0.05, 0.1) is 19.6 Å². The van der Waals surface area contributed by atoms with Gasteiger partial charge in [-0.05, 0) is 35.9 Å². The number of amides is 2. The van der Waals surface area contributed by atoms with Crippen molar-refractivity contribution in [1.82, 2.24) is 10.2 Å². The van der Waals surface area contributed by atoms with E-state index in [2.05, 4.69) is 10.2 Å². The van der Waals surface area contributed by atoms with Gasteiger partial charge in [-0.25, -0.2) is 0 Å². The first kappa shape index (κ1) is 17.4. The van der Waals surface area contributed by atoms with Gasteiger partial charge in [0.2, 0.25) is 5.91 Å². The summed E-state index contributed by atoms with van der Waals surface area (Å²) in [5.41, 5.74) is 2.74. The lowest BCUT2D eigenvalue weighted by Crippen LogP contribution is -2.49. The molecule has 0 aliphatic carbocycles. The normalized spacial score (nSPS) is 18.9.